The van der Waals surface area contributed by atoms with Gasteiger partial charge < -0.3 is 14.5 Å². The van der Waals surface area contributed by atoms with Gasteiger partial charge in [0.05, 0.1) is 0 Å². The van der Waals surface area contributed by atoms with Gasteiger partial charge in [0.1, 0.15) is 0 Å². The van der Waals surface area contributed by atoms with E-state index in [-0.39, 0.29) is 12.5 Å². The number of benzene rings is 1. The largest absolute Gasteiger partial charge is 0.468 e. The van der Waals surface area contributed by atoms with Crippen LogP contribution >= 0.6 is 0 Å². The fraction of sp³-hybridized carbons (Fsp3) is 0.294. The van der Waals surface area contributed by atoms with Gasteiger partial charge in [0.2, 0.25) is 5.88 Å². The van der Waals surface area contributed by atoms with E-state index in [2.05, 4.69) is 22.0 Å². The highest BCUT2D eigenvalue weighted by Gasteiger charge is 2.21. The van der Waals surface area contributed by atoms with Crippen molar-refractivity contribution in [1.82, 2.24) is 9.88 Å². The zero-order valence-electron chi connectivity index (χ0n) is 12.4. The quantitative estimate of drug-likeness (QED) is 0.863. The molecule has 5 nitrogen and oxygen atoms in total. The number of para-hydroxylation sites is 1. The minimum absolute atomic E-state index is 0.0124. The zero-order chi connectivity index (χ0) is 15.2. The Morgan fingerprint density at radius 3 is 2.41 bits per heavy atom. The fourth-order valence-electron chi connectivity index (χ4n) is 2.51. The molecule has 0 aliphatic carbocycles. The Labute approximate surface area is 130 Å². The Morgan fingerprint density at radius 1 is 1.00 bits per heavy atom. The number of hydrogen-bond donors (Lipinski definition) is 0. The normalized spacial score (nSPS) is 14.7. The van der Waals surface area contributed by atoms with E-state index in [1.165, 1.54) is 5.69 Å². The van der Waals surface area contributed by atoms with Crippen molar-refractivity contribution >= 4 is 11.6 Å². The van der Waals surface area contributed by atoms with Crippen LogP contribution in [0.15, 0.2) is 54.7 Å². The average Bonchev–Trinajstić information content (AvgIpc) is 2.61. The number of pyridine rings is 1. The summed E-state index contributed by atoms with van der Waals surface area (Å²) in [7, 11) is 0. The molecule has 0 spiro atoms. The first-order chi connectivity index (χ1) is 10.8. The molecular formula is C17H19N3O2. The number of amides is 1. The maximum atomic E-state index is 12.2. The summed E-state index contributed by atoms with van der Waals surface area (Å²) in [5.74, 6) is 0.497. The average molecular weight is 297 g/mol. The molecule has 0 unspecified atom stereocenters. The summed E-state index contributed by atoms with van der Waals surface area (Å²) in [5.41, 5.74) is 1.21. The third-order valence-electron chi connectivity index (χ3n) is 3.73. The molecule has 1 fully saturated rings. The maximum Gasteiger partial charge on any atom is 0.260 e. The summed E-state index contributed by atoms with van der Waals surface area (Å²) in [5, 5.41) is 0. The van der Waals surface area contributed by atoms with Crippen molar-refractivity contribution in [3.05, 3.63) is 54.7 Å². The first-order valence-electron chi connectivity index (χ1n) is 7.44. The van der Waals surface area contributed by atoms with E-state index in [0.717, 1.165) is 26.2 Å². The molecule has 2 aromatic rings. The van der Waals surface area contributed by atoms with Crippen LogP contribution in [-0.2, 0) is 4.79 Å². The van der Waals surface area contributed by atoms with Crippen molar-refractivity contribution in [2.45, 2.75) is 0 Å². The molecule has 5 heteroatoms. The molecule has 2 heterocycles. The minimum atomic E-state index is 0.0124. The van der Waals surface area contributed by atoms with Crippen molar-refractivity contribution < 1.29 is 9.53 Å². The molecule has 1 aromatic heterocycles. The number of carbonyl (C=O) groups is 1. The highest BCUT2D eigenvalue weighted by atomic mass is 16.5. The molecule has 1 saturated heterocycles. The number of anilines is 1. The van der Waals surface area contributed by atoms with Crippen LogP contribution in [0.2, 0.25) is 0 Å². The van der Waals surface area contributed by atoms with Crippen molar-refractivity contribution in [1.29, 1.82) is 0 Å². The van der Waals surface area contributed by atoms with E-state index < -0.39 is 0 Å². The summed E-state index contributed by atoms with van der Waals surface area (Å²) in [6.07, 6.45) is 1.65. The van der Waals surface area contributed by atoms with Crippen LogP contribution in [0.1, 0.15) is 0 Å². The number of aromatic nitrogens is 1. The van der Waals surface area contributed by atoms with Crippen molar-refractivity contribution in [3.63, 3.8) is 0 Å². The summed E-state index contributed by atoms with van der Waals surface area (Å²) >= 11 is 0. The monoisotopic (exact) mass is 297 g/mol. The number of piperazine rings is 1. The summed E-state index contributed by atoms with van der Waals surface area (Å²) in [4.78, 5) is 20.4. The molecule has 22 heavy (non-hydrogen) atoms. The third kappa shape index (κ3) is 3.55. The number of hydrogen-bond acceptors (Lipinski definition) is 4. The van der Waals surface area contributed by atoms with Crippen molar-refractivity contribution in [2.75, 3.05) is 37.7 Å². The zero-order valence-corrected chi connectivity index (χ0v) is 12.4. The molecule has 0 saturated carbocycles. The van der Waals surface area contributed by atoms with Crippen molar-refractivity contribution in [2.24, 2.45) is 0 Å². The molecule has 1 aliphatic heterocycles. The van der Waals surface area contributed by atoms with Gasteiger partial charge in [-0.3, -0.25) is 4.79 Å². The van der Waals surface area contributed by atoms with E-state index in [1.807, 2.05) is 35.2 Å². The molecule has 114 valence electrons. The lowest BCUT2D eigenvalue weighted by molar-refractivity contribution is -0.133. The van der Waals surface area contributed by atoms with Crippen LogP contribution in [0.25, 0.3) is 0 Å². The van der Waals surface area contributed by atoms with Crippen LogP contribution in [0.3, 0.4) is 0 Å². The van der Waals surface area contributed by atoms with Gasteiger partial charge >= 0.3 is 0 Å². The smallest absolute Gasteiger partial charge is 0.260 e. The van der Waals surface area contributed by atoms with E-state index in [0.29, 0.717) is 5.88 Å². The van der Waals surface area contributed by atoms with Crippen molar-refractivity contribution in [3.8, 4) is 5.88 Å². The van der Waals surface area contributed by atoms with Gasteiger partial charge in [-0.15, -0.1) is 0 Å². The fourth-order valence-corrected chi connectivity index (χ4v) is 2.51. The molecule has 1 amide bonds. The van der Waals surface area contributed by atoms with Crippen LogP contribution in [-0.4, -0.2) is 48.6 Å². The molecule has 0 radical (unpaired) electrons. The van der Waals surface area contributed by atoms with Gasteiger partial charge in [0, 0.05) is 44.1 Å². The van der Waals surface area contributed by atoms with Gasteiger partial charge in [-0.05, 0) is 18.2 Å². The van der Waals surface area contributed by atoms with E-state index in [1.54, 1.807) is 12.3 Å². The second-order valence-electron chi connectivity index (χ2n) is 5.16. The Kier molecular flexibility index (Phi) is 4.53. The molecule has 0 bridgehead atoms. The Hall–Kier alpha value is -2.56. The molecule has 3 rings (SSSR count). The SMILES string of the molecule is O=C(COc1ccccn1)N1CCN(c2ccccc2)CC1. The lowest BCUT2D eigenvalue weighted by Crippen LogP contribution is -2.50. The standard InChI is InChI=1S/C17H19N3O2/c21-17(14-22-16-8-4-5-9-18-16)20-12-10-19(11-13-20)15-6-2-1-3-7-15/h1-9H,10-14H2. The number of carbonyl (C=O) groups excluding carboxylic acids is 1. The van der Waals surface area contributed by atoms with Gasteiger partial charge in [-0.2, -0.15) is 0 Å². The maximum absolute atomic E-state index is 12.2. The number of rotatable bonds is 4. The van der Waals surface area contributed by atoms with Crippen LogP contribution < -0.4 is 9.64 Å². The molecule has 1 aromatic carbocycles. The van der Waals surface area contributed by atoms with Crippen LogP contribution in [0.4, 0.5) is 5.69 Å². The van der Waals surface area contributed by atoms with Gasteiger partial charge in [-0.25, -0.2) is 4.98 Å². The second-order valence-corrected chi connectivity index (χ2v) is 5.16. The Morgan fingerprint density at radius 2 is 1.73 bits per heavy atom. The number of ether oxygens (including phenoxy) is 1. The summed E-state index contributed by atoms with van der Waals surface area (Å²) in [6, 6.07) is 15.7. The van der Waals surface area contributed by atoms with E-state index in [4.69, 9.17) is 4.74 Å². The van der Waals surface area contributed by atoms with E-state index in [9.17, 15) is 4.79 Å². The Bertz CT molecular complexity index is 596. The third-order valence-corrected chi connectivity index (χ3v) is 3.73. The predicted octanol–water partition coefficient (Wildman–Crippen LogP) is 1.81. The predicted molar refractivity (Wildman–Crippen MR) is 85.0 cm³/mol. The van der Waals surface area contributed by atoms with Gasteiger partial charge in [0.15, 0.2) is 6.61 Å². The highest BCUT2D eigenvalue weighted by molar-refractivity contribution is 5.78. The summed E-state index contributed by atoms with van der Waals surface area (Å²) in [6.45, 7) is 3.18. The molecule has 1 aliphatic rings. The van der Waals surface area contributed by atoms with Gasteiger partial charge in [0.25, 0.3) is 5.91 Å². The molecule has 0 N–H and O–H groups in total. The minimum Gasteiger partial charge on any atom is -0.468 e. The second kappa shape index (κ2) is 6.93. The lowest BCUT2D eigenvalue weighted by Gasteiger charge is -2.36. The van der Waals surface area contributed by atoms with Crippen LogP contribution in [0.5, 0.6) is 5.88 Å². The van der Waals surface area contributed by atoms with Crippen LogP contribution in [0, 0.1) is 0 Å². The molecule has 0 atom stereocenters. The first-order valence-corrected chi connectivity index (χ1v) is 7.44. The lowest BCUT2D eigenvalue weighted by atomic mass is 10.2. The molecular weight excluding hydrogens is 278 g/mol. The van der Waals surface area contributed by atoms with Gasteiger partial charge in [-0.1, -0.05) is 24.3 Å². The highest BCUT2D eigenvalue weighted by Crippen LogP contribution is 2.15. The number of nitrogens with zero attached hydrogens (tertiary/aromatic N) is 3. The summed E-state index contributed by atoms with van der Waals surface area (Å²) < 4.78 is 5.42. The van der Waals surface area contributed by atoms with E-state index >= 15 is 0 Å². The first kappa shape index (κ1) is 14.4. The topological polar surface area (TPSA) is 45.7 Å². The Balaban J connectivity index is 1.48.